The van der Waals surface area contributed by atoms with Gasteiger partial charge in [-0.25, -0.2) is 4.39 Å². The molecule has 0 radical (unpaired) electrons. The van der Waals surface area contributed by atoms with Gasteiger partial charge >= 0.3 is 0 Å². The van der Waals surface area contributed by atoms with Crippen LogP contribution in [0.4, 0.5) is 4.39 Å². The summed E-state index contributed by atoms with van der Waals surface area (Å²) in [6.45, 7) is 5.85. The molecule has 31 heavy (non-hydrogen) atoms. The Kier molecular flexibility index (Phi) is 12.4. The first-order valence-corrected chi connectivity index (χ1v) is 11.3. The van der Waals surface area contributed by atoms with E-state index in [1.54, 1.807) is 13.1 Å². The van der Waals surface area contributed by atoms with Crippen molar-refractivity contribution in [2.45, 2.75) is 50.8 Å². The van der Waals surface area contributed by atoms with E-state index in [4.69, 9.17) is 21.1 Å². The Labute approximate surface area is 207 Å². The average molecular weight is 569 g/mol. The minimum atomic E-state index is -0.296. The van der Waals surface area contributed by atoms with Gasteiger partial charge in [0.15, 0.2) is 5.96 Å². The van der Waals surface area contributed by atoms with Crippen molar-refractivity contribution in [1.29, 1.82) is 0 Å². The fraction of sp³-hybridized carbons (Fsp3) is 0.682. The van der Waals surface area contributed by atoms with Crippen molar-refractivity contribution in [3.8, 4) is 0 Å². The molecule has 0 saturated carbocycles. The van der Waals surface area contributed by atoms with Crippen molar-refractivity contribution in [2.75, 3.05) is 46.5 Å². The molecule has 0 amide bonds. The number of halogens is 3. The summed E-state index contributed by atoms with van der Waals surface area (Å²) in [5.74, 6) is 0.530. The molecule has 3 rings (SSSR count). The monoisotopic (exact) mass is 568 g/mol. The van der Waals surface area contributed by atoms with Crippen LogP contribution >= 0.6 is 35.6 Å². The van der Waals surface area contributed by atoms with E-state index in [1.165, 1.54) is 12.1 Å². The van der Waals surface area contributed by atoms with Gasteiger partial charge in [-0.15, -0.1) is 24.0 Å². The van der Waals surface area contributed by atoms with Crippen LogP contribution in [0.1, 0.15) is 37.7 Å². The van der Waals surface area contributed by atoms with E-state index in [2.05, 4.69) is 20.5 Å². The van der Waals surface area contributed by atoms with Crippen LogP contribution in [0, 0.1) is 5.82 Å². The maximum absolute atomic E-state index is 13.3. The molecule has 1 aromatic rings. The van der Waals surface area contributed by atoms with Gasteiger partial charge in [-0.1, -0.05) is 17.7 Å². The molecule has 9 heteroatoms. The van der Waals surface area contributed by atoms with Crippen LogP contribution in [0.25, 0.3) is 0 Å². The van der Waals surface area contributed by atoms with Crippen LogP contribution in [0.5, 0.6) is 0 Å². The molecular weight excluding hydrogens is 534 g/mol. The van der Waals surface area contributed by atoms with Crippen LogP contribution in [0.15, 0.2) is 23.2 Å². The SMILES string of the molecule is CN=C(NCCCOC1CCOCC1)NC1CCCN(Cc2ccc(F)cc2Cl)C1.I. The van der Waals surface area contributed by atoms with Gasteiger partial charge in [-0.2, -0.15) is 0 Å². The molecule has 2 saturated heterocycles. The van der Waals surface area contributed by atoms with Gasteiger partial charge in [-0.3, -0.25) is 9.89 Å². The molecule has 2 fully saturated rings. The summed E-state index contributed by atoms with van der Waals surface area (Å²) in [5, 5.41) is 7.41. The molecule has 0 bridgehead atoms. The van der Waals surface area contributed by atoms with Gasteiger partial charge in [-0.05, 0) is 56.3 Å². The molecule has 2 aliphatic heterocycles. The predicted octanol–water partition coefficient (Wildman–Crippen LogP) is 3.81. The zero-order valence-corrected chi connectivity index (χ0v) is 21.3. The smallest absolute Gasteiger partial charge is 0.191 e. The van der Waals surface area contributed by atoms with E-state index < -0.39 is 0 Å². The summed E-state index contributed by atoms with van der Waals surface area (Å²) in [5.41, 5.74) is 0.964. The van der Waals surface area contributed by atoms with Crippen molar-refractivity contribution in [2.24, 2.45) is 4.99 Å². The van der Waals surface area contributed by atoms with E-state index in [-0.39, 0.29) is 29.8 Å². The lowest BCUT2D eigenvalue weighted by Crippen LogP contribution is -2.51. The summed E-state index contributed by atoms with van der Waals surface area (Å²) < 4.78 is 24.5. The number of piperidine rings is 1. The highest BCUT2D eigenvalue weighted by Gasteiger charge is 2.21. The third-order valence-electron chi connectivity index (χ3n) is 5.61. The lowest BCUT2D eigenvalue weighted by atomic mass is 10.0. The number of hydrogen-bond donors (Lipinski definition) is 2. The Morgan fingerprint density at radius 1 is 1.32 bits per heavy atom. The number of nitrogens with zero attached hydrogens (tertiary/aromatic N) is 2. The molecule has 1 aromatic carbocycles. The highest BCUT2D eigenvalue weighted by Crippen LogP contribution is 2.21. The Bertz CT molecular complexity index is 691. The molecule has 0 aliphatic carbocycles. The zero-order chi connectivity index (χ0) is 21.2. The molecule has 1 unspecified atom stereocenters. The third kappa shape index (κ3) is 9.37. The second-order valence-electron chi connectivity index (χ2n) is 7.99. The molecule has 0 spiro atoms. The first-order valence-electron chi connectivity index (χ1n) is 11.0. The Morgan fingerprint density at radius 2 is 2.13 bits per heavy atom. The van der Waals surface area contributed by atoms with Crippen molar-refractivity contribution >= 4 is 41.5 Å². The molecule has 6 nitrogen and oxygen atoms in total. The number of hydrogen-bond acceptors (Lipinski definition) is 4. The molecule has 0 aromatic heterocycles. The minimum absolute atomic E-state index is 0. The summed E-state index contributed by atoms with van der Waals surface area (Å²) in [6.07, 6.45) is 5.49. The van der Waals surface area contributed by atoms with E-state index in [1.807, 2.05) is 0 Å². The second kappa shape index (κ2) is 14.5. The Morgan fingerprint density at radius 3 is 2.87 bits per heavy atom. The van der Waals surface area contributed by atoms with Crippen molar-refractivity contribution < 1.29 is 13.9 Å². The van der Waals surface area contributed by atoms with E-state index in [0.717, 1.165) is 89.6 Å². The number of nitrogens with one attached hydrogen (secondary N) is 2. The standard InChI is InChI=1S/C22H34ClFN4O2.HI/c1-25-22(26-9-3-11-30-20-7-12-29-13-8-20)27-19-4-2-10-28(16-19)15-17-5-6-18(24)14-21(17)23;/h5-6,14,19-20H,2-4,7-13,15-16H2,1H3,(H2,25,26,27);1H. The quantitative estimate of drug-likeness (QED) is 0.216. The topological polar surface area (TPSA) is 58.1 Å². The zero-order valence-electron chi connectivity index (χ0n) is 18.2. The Balaban J connectivity index is 0.00000341. The van der Waals surface area contributed by atoms with Crippen molar-refractivity contribution in [3.05, 3.63) is 34.6 Å². The highest BCUT2D eigenvalue weighted by atomic mass is 127. The van der Waals surface area contributed by atoms with Crippen LogP contribution in [0.3, 0.4) is 0 Å². The molecule has 1 atom stereocenters. The number of rotatable bonds is 8. The minimum Gasteiger partial charge on any atom is -0.381 e. The van der Waals surface area contributed by atoms with E-state index in [0.29, 0.717) is 17.2 Å². The van der Waals surface area contributed by atoms with Crippen LogP contribution in [-0.2, 0) is 16.0 Å². The number of benzene rings is 1. The number of likely N-dealkylation sites (tertiary alicyclic amines) is 1. The highest BCUT2D eigenvalue weighted by molar-refractivity contribution is 14.0. The van der Waals surface area contributed by atoms with Gasteiger partial charge in [0.25, 0.3) is 0 Å². The molecule has 2 aliphatic rings. The predicted molar refractivity (Wildman–Crippen MR) is 134 cm³/mol. The lowest BCUT2D eigenvalue weighted by Gasteiger charge is -2.34. The second-order valence-corrected chi connectivity index (χ2v) is 8.40. The number of guanidine groups is 1. The van der Waals surface area contributed by atoms with Gasteiger partial charge in [0.2, 0.25) is 0 Å². The van der Waals surface area contributed by atoms with E-state index in [9.17, 15) is 4.39 Å². The first-order chi connectivity index (χ1) is 14.6. The largest absolute Gasteiger partial charge is 0.381 e. The molecule has 2 heterocycles. The maximum atomic E-state index is 13.3. The first kappa shape index (κ1) is 26.6. The maximum Gasteiger partial charge on any atom is 0.191 e. The van der Waals surface area contributed by atoms with Crippen LogP contribution in [0.2, 0.25) is 5.02 Å². The van der Waals surface area contributed by atoms with Gasteiger partial charge < -0.3 is 20.1 Å². The molecular formula is C22H35ClFIN4O2. The normalized spacial score (nSPS) is 20.9. The van der Waals surface area contributed by atoms with Gasteiger partial charge in [0.1, 0.15) is 5.82 Å². The molecule has 2 N–H and O–H groups in total. The summed E-state index contributed by atoms with van der Waals surface area (Å²) >= 11 is 6.20. The lowest BCUT2D eigenvalue weighted by molar-refractivity contribution is -0.0320. The van der Waals surface area contributed by atoms with Crippen LogP contribution < -0.4 is 10.6 Å². The fourth-order valence-corrected chi connectivity index (χ4v) is 4.19. The van der Waals surface area contributed by atoms with Crippen molar-refractivity contribution in [3.63, 3.8) is 0 Å². The third-order valence-corrected chi connectivity index (χ3v) is 5.97. The number of ether oxygens (including phenoxy) is 2. The summed E-state index contributed by atoms with van der Waals surface area (Å²) in [4.78, 5) is 6.71. The van der Waals surface area contributed by atoms with Crippen molar-refractivity contribution in [1.82, 2.24) is 15.5 Å². The summed E-state index contributed by atoms with van der Waals surface area (Å²) in [6, 6.07) is 4.95. The summed E-state index contributed by atoms with van der Waals surface area (Å²) in [7, 11) is 1.80. The number of aliphatic imine (C=N–C) groups is 1. The van der Waals surface area contributed by atoms with Crippen LogP contribution in [-0.4, -0.2) is 69.5 Å². The van der Waals surface area contributed by atoms with Gasteiger partial charge in [0.05, 0.1) is 6.10 Å². The van der Waals surface area contributed by atoms with E-state index >= 15 is 0 Å². The average Bonchev–Trinajstić information content (AvgIpc) is 2.76. The Hall–Kier alpha value is -0.680. The fourth-order valence-electron chi connectivity index (χ4n) is 3.97. The molecule has 176 valence electrons. The van der Waals surface area contributed by atoms with Gasteiger partial charge in [0, 0.05) is 57.6 Å².